The highest BCUT2D eigenvalue weighted by molar-refractivity contribution is 5.82. The van der Waals surface area contributed by atoms with Crippen LogP contribution in [0.5, 0.6) is 0 Å². The van der Waals surface area contributed by atoms with Gasteiger partial charge in [0.25, 0.3) is 0 Å². The monoisotopic (exact) mass is 232 g/mol. The molecule has 1 unspecified atom stereocenters. The molecule has 90 valence electrons. The molecule has 0 spiro atoms. The maximum Gasteiger partial charge on any atom is 0.124 e. The Labute approximate surface area is 101 Å². The molecule has 0 saturated heterocycles. The number of fused-ring (bicyclic) bond motifs is 1. The minimum Gasteiger partial charge on any atom is -0.330 e. The zero-order chi connectivity index (χ0) is 12.4. The molecule has 1 atom stereocenters. The van der Waals surface area contributed by atoms with Gasteiger partial charge in [-0.2, -0.15) is 0 Å². The van der Waals surface area contributed by atoms with Crippen LogP contribution in [0.15, 0.2) is 24.3 Å². The lowest BCUT2D eigenvalue weighted by Crippen LogP contribution is -2.13. The van der Waals surface area contributed by atoms with Crippen LogP contribution in [0.25, 0.3) is 10.9 Å². The fourth-order valence-electron chi connectivity index (χ4n) is 1.98. The van der Waals surface area contributed by atoms with Gasteiger partial charge in [-0.25, -0.2) is 4.39 Å². The molecule has 0 saturated carbocycles. The summed E-state index contributed by atoms with van der Waals surface area (Å²) in [5.41, 5.74) is 8.41. The molecule has 0 radical (unpaired) electrons. The summed E-state index contributed by atoms with van der Waals surface area (Å²) in [6.07, 6.45) is 0.765. The van der Waals surface area contributed by atoms with Crippen molar-refractivity contribution in [3.8, 4) is 0 Å². The first kappa shape index (κ1) is 12.0. The highest BCUT2D eigenvalue weighted by Crippen LogP contribution is 2.21. The zero-order valence-electron chi connectivity index (χ0n) is 10.2. The molecule has 0 aliphatic rings. The SMILES string of the molecule is Cc1ccc2cc(F)cc(CC(C)CN)c2n1. The van der Waals surface area contributed by atoms with Gasteiger partial charge in [0.05, 0.1) is 5.52 Å². The van der Waals surface area contributed by atoms with Gasteiger partial charge in [-0.15, -0.1) is 0 Å². The third-order valence-corrected chi connectivity index (χ3v) is 2.95. The lowest BCUT2D eigenvalue weighted by Gasteiger charge is -2.11. The first-order valence-electron chi connectivity index (χ1n) is 5.86. The van der Waals surface area contributed by atoms with Crippen molar-refractivity contribution in [1.82, 2.24) is 4.98 Å². The van der Waals surface area contributed by atoms with E-state index in [2.05, 4.69) is 11.9 Å². The lowest BCUT2D eigenvalue weighted by molar-refractivity contribution is 0.586. The van der Waals surface area contributed by atoms with Gasteiger partial charge in [-0.05, 0) is 49.6 Å². The van der Waals surface area contributed by atoms with Crippen molar-refractivity contribution >= 4 is 10.9 Å². The summed E-state index contributed by atoms with van der Waals surface area (Å²) < 4.78 is 13.5. The largest absolute Gasteiger partial charge is 0.330 e. The second-order valence-electron chi connectivity index (χ2n) is 4.63. The highest BCUT2D eigenvalue weighted by atomic mass is 19.1. The van der Waals surface area contributed by atoms with Crippen molar-refractivity contribution in [1.29, 1.82) is 0 Å². The molecule has 0 aliphatic carbocycles. The second-order valence-corrected chi connectivity index (χ2v) is 4.63. The predicted molar refractivity (Wildman–Crippen MR) is 68.4 cm³/mol. The van der Waals surface area contributed by atoms with Crippen LogP contribution < -0.4 is 5.73 Å². The third kappa shape index (κ3) is 2.61. The van der Waals surface area contributed by atoms with Gasteiger partial charge in [0.1, 0.15) is 5.82 Å². The van der Waals surface area contributed by atoms with E-state index in [4.69, 9.17) is 5.73 Å². The van der Waals surface area contributed by atoms with Crippen LogP contribution in [-0.2, 0) is 6.42 Å². The van der Waals surface area contributed by atoms with Crippen molar-refractivity contribution in [2.75, 3.05) is 6.54 Å². The average Bonchev–Trinajstić information content (AvgIpc) is 2.29. The number of aromatic nitrogens is 1. The van der Waals surface area contributed by atoms with Crippen molar-refractivity contribution in [2.45, 2.75) is 20.3 Å². The molecular formula is C14H17FN2. The summed E-state index contributed by atoms with van der Waals surface area (Å²) in [4.78, 5) is 4.50. The van der Waals surface area contributed by atoms with E-state index >= 15 is 0 Å². The van der Waals surface area contributed by atoms with E-state index in [1.165, 1.54) is 6.07 Å². The van der Waals surface area contributed by atoms with Crippen molar-refractivity contribution in [3.63, 3.8) is 0 Å². The number of pyridine rings is 1. The van der Waals surface area contributed by atoms with Crippen LogP contribution in [0.2, 0.25) is 0 Å². The van der Waals surface area contributed by atoms with Crippen molar-refractivity contribution in [3.05, 3.63) is 41.3 Å². The zero-order valence-corrected chi connectivity index (χ0v) is 10.2. The molecule has 2 N–H and O–H groups in total. The molecule has 3 heteroatoms. The van der Waals surface area contributed by atoms with Crippen LogP contribution in [-0.4, -0.2) is 11.5 Å². The van der Waals surface area contributed by atoms with E-state index in [1.54, 1.807) is 6.07 Å². The van der Waals surface area contributed by atoms with Crippen LogP contribution >= 0.6 is 0 Å². The molecule has 17 heavy (non-hydrogen) atoms. The first-order valence-corrected chi connectivity index (χ1v) is 5.86. The number of hydrogen-bond acceptors (Lipinski definition) is 2. The molecule has 1 heterocycles. The van der Waals surface area contributed by atoms with Gasteiger partial charge in [0, 0.05) is 11.1 Å². The molecular weight excluding hydrogens is 215 g/mol. The molecule has 2 nitrogen and oxygen atoms in total. The molecule has 0 bridgehead atoms. The highest BCUT2D eigenvalue weighted by Gasteiger charge is 2.09. The van der Waals surface area contributed by atoms with Crippen LogP contribution in [0.4, 0.5) is 4.39 Å². The van der Waals surface area contributed by atoms with E-state index in [0.717, 1.165) is 28.6 Å². The Morgan fingerprint density at radius 1 is 1.35 bits per heavy atom. The van der Waals surface area contributed by atoms with E-state index in [1.807, 2.05) is 19.1 Å². The fourth-order valence-corrected chi connectivity index (χ4v) is 1.98. The molecule has 2 aromatic rings. The Bertz CT molecular complexity index is 537. The summed E-state index contributed by atoms with van der Waals surface area (Å²) in [5.74, 6) is 0.129. The Hall–Kier alpha value is -1.48. The van der Waals surface area contributed by atoms with Gasteiger partial charge in [-0.3, -0.25) is 4.98 Å². The average molecular weight is 232 g/mol. The number of rotatable bonds is 3. The second kappa shape index (κ2) is 4.80. The van der Waals surface area contributed by atoms with E-state index < -0.39 is 0 Å². The van der Waals surface area contributed by atoms with E-state index in [9.17, 15) is 4.39 Å². The number of hydrogen-bond donors (Lipinski definition) is 1. The molecule has 1 aromatic carbocycles. The standard InChI is InChI=1S/C14H17FN2/c1-9(8-16)5-12-7-13(15)6-11-4-3-10(2)17-14(11)12/h3-4,6-7,9H,5,8,16H2,1-2H3. The maximum atomic E-state index is 13.5. The molecule has 0 amide bonds. The van der Waals surface area contributed by atoms with Gasteiger partial charge in [0.15, 0.2) is 0 Å². The third-order valence-electron chi connectivity index (χ3n) is 2.95. The van der Waals surface area contributed by atoms with E-state index in [-0.39, 0.29) is 5.82 Å². The summed E-state index contributed by atoms with van der Waals surface area (Å²) in [6.45, 7) is 4.61. The summed E-state index contributed by atoms with van der Waals surface area (Å²) in [7, 11) is 0. The Balaban J connectivity index is 2.55. The Morgan fingerprint density at radius 2 is 2.12 bits per heavy atom. The number of benzene rings is 1. The summed E-state index contributed by atoms with van der Waals surface area (Å²) in [5, 5.41) is 0.856. The summed E-state index contributed by atoms with van der Waals surface area (Å²) >= 11 is 0. The molecule has 2 rings (SSSR count). The normalized spacial score (nSPS) is 12.9. The maximum absolute atomic E-state index is 13.5. The Kier molecular flexibility index (Phi) is 3.38. The van der Waals surface area contributed by atoms with E-state index in [0.29, 0.717) is 12.5 Å². The Morgan fingerprint density at radius 3 is 2.82 bits per heavy atom. The smallest absolute Gasteiger partial charge is 0.124 e. The quantitative estimate of drug-likeness (QED) is 0.883. The molecule has 0 aliphatic heterocycles. The minimum absolute atomic E-state index is 0.206. The number of nitrogens with zero attached hydrogens (tertiary/aromatic N) is 1. The first-order chi connectivity index (χ1) is 8.10. The topological polar surface area (TPSA) is 38.9 Å². The fraction of sp³-hybridized carbons (Fsp3) is 0.357. The van der Waals surface area contributed by atoms with Gasteiger partial charge < -0.3 is 5.73 Å². The van der Waals surface area contributed by atoms with Crippen molar-refractivity contribution < 1.29 is 4.39 Å². The van der Waals surface area contributed by atoms with Crippen LogP contribution in [0, 0.1) is 18.7 Å². The predicted octanol–water partition coefficient (Wildman–Crippen LogP) is 2.82. The van der Waals surface area contributed by atoms with Crippen LogP contribution in [0.3, 0.4) is 0 Å². The van der Waals surface area contributed by atoms with Gasteiger partial charge >= 0.3 is 0 Å². The van der Waals surface area contributed by atoms with Crippen molar-refractivity contribution in [2.24, 2.45) is 11.7 Å². The number of aryl methyl sites for hydroxylation is 1. The van der Waals surface area contributed by atoms with Crippen LogP contribution in [0.1, 0.15) is 18.2 Å². The molecule has 0 fully saturated rings. The molecule has 1 aromatic heterocycles. The number of nitrogens with two attached hydrogens (primary N) is 1. The van der Waals surface area contributed by atoms with Gasteiger partial charge in [0.2, 0.25) is 0 Å². The minimum atomic E-state index is -0.206. The van der Waals surface area contributed by atoms with Gasteiger partial charge in [-0.1, -0.05) is 13.0 Å². The number of halogens is 1. The lowest BCUT2D eigenvalue weighted by atomic mass is 9.98. The summed E-state index contributed by atoms with van der Waals surface area (Å²) in [6, 6.07) is 6.91.